The van der Waals surface area contributed by atoms with Crippen molar-refractivity contribution in [1.82, 2.24) is 19.5 Å². The van der Waals surface area contributed by atoms with E-state index in [1.54, 1.807) is 12.1 Å². The molecule has 2 aliphatic rings. The van der Waals surface area contributed by atoms with Crippen LogP contribution in [0.15, 0.2) is 180 Å². The lowest BCUT2D eigenvalue weighted by molar-refractivity contribution is 0.669. The van der Waals surface area contributed by atoms with Gasteiger partial charge >= 0.3 is 0 Å². The molecule has 0 saturated carbocycles. The van der Waals surface area contributed by atoms with Crippen LogP contribution in [0.2, 0.25) is 0 Å². The van der Waals surface area contributed by atoms with E-state index in [4.69, 9.17) is 19.4 Å². The van der Waals surface area contributed by atoms with Gasteiger partial charge in [0.05, 0.1) is 28.1 Å². The van der Waals surface area contributed by atoms with Gasteiger partial charge in [0.2, 0.25) is 5.95 Å². The molecular formula is C53H29N5O. The van der Waals surface area contributed by atoms with Crippen LogP contribution in [-0.2, 0) is 5.41 Å². The molecular weight excluding hydrogens is 723 g/mol. The van der Waals surface area contributed by atoms with Gasteiger partial charge in [-0.05, 0) is 99.1 Å². The second kappa shape index (κ2) is 11.7. The summed E-state index contributed by atoms with van der Waals surface area (Å²) in [6, 6.07) is 63.8. The molecule has 1 spiro atoms. The van der Waals surface area contributed by atoms with Crippen molar-refractivity contribution in [2.45, 2.75) is 5.41 Å². The Balaban J connectivity index is 1.10. The van der Waals surface area contributed by atoms with Crippen LogP contribution in [0.3, 0.4) is 0 Å². The fourth-order valence-corrected chi connectivity index (χ4v) is 10.1. The van der Waals surface area contributed by atoms with Crippen LogP contribution in [0.1, 0.15) is 27.8 Å². The third-order valence-electron chi connectivity index (χ3n) is 12.5. The highest BCUT2D eigenvalue weighted by molar-refractivity contribution is 6.18. The summed E-state index contributed by atoms with van der Waals surface area (Å²) in [4.78, 5) is 15.6. The SMILES string of the molecule is N#Cc1ccc(-c2nc(-c3ccc4c(c3)oc3ccccc34)nc(-n3c4ccccc4c4c5c(ccc43)C3(c4ccccc4-c4ccccc43)c3ccccc3-5)n2)cc1. The molecule has 13 rings (SSSR count). The highest BCUT2D eigenvalue weighted by Crippen LogP contribution is 2.64. The first-order valence-corrected chi connectivity index (χ1v) is 19.8. The molecule has 3 heterocycles. The number of hydrogen-bond acceptors (Lipinski definition) is 5. The first kappa shape index (κ1) is 32.0. The quantitative estimate of drug-likeness (QED) is 0.180. The lowest BCUT2D eigenvalue weighted by atomic mass is 9.70. The first-order chi connectivity index (χ1) is 29.2. The van der Waals surface area contributed by atoms with Crippen LogP contribution in [0.4, 0.5) is 0 Å². The van der Waals surface area contributed by atoms with Crippen molar-refractivity contribution in [3.05, 3.63) is 204 Å². The largest absolute Gasteiger partial charge is 0.456 e. The molecule has 59 heavy (non-hydrogen) atoms. The van der Waals surface area contributed by atoms with E-state index in [1.165, 1.54) is 44.5 Å². The molecule has 6 heteroatoms. The Morgan fingerprint density at radius 1 is 0.475 bits per heavy atom. The van der Waals surface area contributed by atoms with Crippen LogP contribution in [-0.4, -0.2) is 19.5 Å². The fourth-order valence-electron chi connectivity index (χ4n) is 10.1. The second-order valence-electron chi connectivity index (χ2n) is 15.4. The number of nitriles is 1. The van der Waals surface area contributed by atoms with E-state index in [2.05, 4.69) is 138 Å². The maximum absolute atomic E-state index is 9.59. The van der Waals surface area contributed by atoms with Gasteiger partial charge in [-0.2, -0.15) is 15.2 Å². The van der Waals surface area contributed by atoms with Gasteiger partial charge in [-0.1, -0.05) is 121 Å². The van der Waals surface area contributed by atoms with Gasteiger partial charge in [-0.3, -0.25) is 4.57 Å². The zero-order chi connectivity index (χ0) is 38.8. The van der Waals surface area contributed by atoms with E-state index in [-0.39, 0.29) is 0 Å². The molecule has 0 atom stereocenters. The predicted molar refractivity (Wildman–Crippen MR) is 233 cm³/mol. The molecule has 272 valence electrons. The Labute approximate surface area is 337 Å². The van der Waals surface area contributed by atoms with E-state index >= 15 is 0 Å². The van der Waals surface area contributed by atoms with E-state index in [0.29, 0.717) is 23.2 Å². The summed E-state index contributed by atoms with van der Waals surface area (Å²) < 4.78 is 8.51. The highest BCUT2D eigenvalue weighted by Gasteiger charge is 2.52. The minimum atomic E-state index is -0.463. The summed E-state index contributed by atoms with van der Waals surface area (Å²) in [7, 11) is 0. The summed E-state index contributed by atoms with van der Waals surface area (Å²) in [5.74, 6) is 1.53. The third-order valence-corrected chi connectivity index (χ3v) is 12.5. The van der Waals surface area contributed by atoms with Crippen LogP contribution in [0.5, 0.6) is 0 Å². The molecule has 0 aliphatic heterocycles. The van der Waals surface area contributed by atoms with E-state index < -0.39 is 5.41 Å². The Kier molecular flexibility index (Phi) is 6.35. The smallest absolute Gasteiger partial charge is 0.238 e. The molecule has 0 amide bonds. The number of rotatable bonds is 3. The Hall–Kier alpha value is -8.14. The zero-order valence-electron chi connectivity index (χ0n) is 31.4. The molecule has 0 fully saturated rings. The van der Waals surface area contributed by atoms with Crippen LogP contribution in [0.25, 0.3) is 94.7 Å². The number of aromatic nitrogens is 4. The molecule has 8 aromatic carbocycles. The van der Waals surface area contributed by atoms with Crippen LogP contribution >= 0.6 is 0 Å². The van der Waals surface area contributed by atoms with E-state index in [0.717, 1.165) is 54.9 Å². The highest BCUT2D eigenvalue weighted by atomic mass is 16.3. The summed E-state index contributed by atoms with van der Waals surface area (Å²) in [5, 5.41) is 14.0. The molecule has 0 bridgehead atoms. The van der Waals surface area contributed by atoms with Gasteiger partial charge in [0.1, 0.15) is 11.2 Å². The first-order valence-electron chi connectivity index (χ1n) is 19.8. The molecule has 0 unspecified atom stereocenters. The number of fused-ring (bicyclic) bond motifs is 17. The van der Waals surface area contributed by atoms with Gasteiger partial charge in [-0.15, -0.1) is 0 Å². The summed E-state index contributed by atoms with van der Waals surface area (Å²) in [6.07, 6.45) is 0. The molecule has 2 aliphatic carbocycles. The van der Waals surface area contributed by atoms with Crippen molar-refractivity contribution >= 4 is 43.7 Å². The van der Waals surface area contributed by atoms with Crippen molar-refractivity contribution in [3.8, 4) is 57.0 Å². The van der Waals surface area contributed by atoms with Gasteiger partial charge in [0.15, 0.2) is 11.6 Å². The number of benzene rings is 8. The van der Waals surface area contributed by atoms with Crippen molar-refractivity contribution in [1.29, 1.82) is 5.26 Å². The number of nitrogens with zero attached hydrogens (tertiary/aromatic N) is 5. The second-order valence-corrected chi connectivity index (χ2v) is 15.4. The lowest BCUT2D eigenvalue weighted by Crippen LogP contribution is -2.25. The number of furan rings is 1. The maximum Gasteiger partial charge on any atom is 0.238 e. The zero-order valence-corrected chi connectivity index (χ0v) is 31.4. The molecule has 0 saturated heterocycles. The maximum atomic E-state index is 9.59. The summed E-state index contributed by atoms with van der Waals surface area (Å²) in [6.45, 7) is 0. The van der Waals surface area contributed by atoms with E-state index in [9.17, 15) is 5.26 Å². The lowest BCUT2D eigenvalue weighted by Gasteiger charge is -2.30. The molecule has 6 nitrogen and oxygen atoms in total. The van der Waals surface area contributed by atoms with Crippen molar-refractivity contribution in [3.63, 3.8) is 0 Å². The fraction of sp³-hybridized carbons (Fsp3) is 0.0189. The molecule has 11 aromatic rings. The Morgan fingerprint density at radius 3 is 1.81 bits per heavy atom. The third kappa shape index (κ3) is 4.20. The summed E-state index contributed by atoms with van der Waals surface area (Å²) >= 11 is 0. The van der Waals surface area contributed by atoms with Gasteiger partial charge < -0.3 is 4.42 Å². The van der Waals surface area contributed by atoms with Crippen molar-refractivity contribution < 1.29 is 4.42 Å². The monoisotopic (exact) mass is 751 g/mol. The minimum absolute atomic E-state index is 0.463. The number of para-hydroxylation sites is 2. The van der Waals surface area contributed by atoms with Crippen LogP contribution in [0, 0.1) is 11.3 Å². The van der Waals surface area contributed by atoms with Gasteiger partial charge in [-0.25, -0.2) is 4.98 Å². The minimum Gasteiger partial charge on any atom is -0.456 e. The normalized spacial score (nSPS) is 13.2. The predicted octanol–water partition coefficient (Wildman–Crippen LogP) is 12.4. The Bertz CT molecular complexity index is 3600. The molecule has 0 N–H and O–H groups in total. The average Bonchev–Trinajstić information content (AvgIpc) is 4.02. The van der Waals surface area contributed by atoms with Gasteiger partial charge in [0.25, 0.3) is 0 Å². The van der Waals surface area contributed by atoms with E-state index in [1.807, 2.05) is 36.4 Å². The molecule has 0 radical (unpaired) electrons. The standard InChI is InChI=1S/C53H29N5O/c54-30-31-21-23-32(24-22-31)50-55-51(33-25-26-37-36-13-5-10-20-46(36)59-47(37)29-33)57-52(56-50)58-44-19-9-4-15-39(44)49-45(58)28-27-43-48(49)38-14-3-8-18-42(38)53(43)40-16-6-1-11-34(40)35-12-2-7-17-41(35)53/h1-29H. The number of hydrogen-bond donors (Lipinski definition) is 0. The van der Waals surface area contributed by atoms with Crippen molar-refractivity contribution in [2.75, 3.05) is 0 Å². The average molecular weight is 752 g/mol. The molecule has 3 aromatic heterocycles. The summed E-state index contributed by atoms with van der Waals surface area (Å²) in [5.41, 5.74) is 15.5. The Morgan fingerprint density at radius 2 is 1.07 bits per heavy atom. The van der Waals surface area contributed by atoms with Crippen molar-refractivity contribution in [2.24, 2.45) is 0 Å². The van der Waals surface area contributed by atoms with Crippen LogP contribution < -0.4 is 0 Å². The van der Waals surface area contributed by atoms with Gasteiger partial charge in [0, 0.05) is 32.7 Å². The topological polar surface area (TPSA) is 80.5 Å².